The van der Waals surface area contributed by atoms with Crippen molar-refractivity contribution >= 4 is 33.4 Å². The molecule has 28 heavy (non-hydrogen) atoms. The van der Waals surface area contributed by atoms with Gasteiger partial charge in [0, 0.05) is 6.26 Å². The van der Waals surface area contributed by atoms with E-state index in [4.69, 9.17) is 4.74 Å². The number of carbonyl (C=O) groups is 2. The van der Waals surface area contributed by atoms with Crippen molar-refractivity contribution in [2.24, 2.45) is 0 Å². The number of hydrogen-bond acceptors (Lipinski definition) is 4. The van der Waals surface area contributed by atoms with Gasteiger partial charge in [-0.15, -0.1) is 0 Å². The summed E-state index contributed by atoms with van der Waals surface area (Å²) in [6.45, 7) is 1.48. The fourth-order valence-corrected chi connectivity index (χ4v) is 3.82. The largest absolute Gasteiger partial charge is 0.452 e. The highest BCUT2D eigenvalue weighted by molar-refractivity contribution is 7.84. The van der Waals surface area contributed by atoms with Crippen LogP contribution in [0, 0.1) is 0 Å². The number of esters is 1. The monoisotopic (exact) mass is 395 g/mol. The molecule has 0 saturated carbocycles. The van der Waals surface area contributed by atoms with Gasteiger partial charge >= 0.3 is 5.97 Å². The van der Waals surface area contributed by atoms with E-state index in [1.165, 1.54) is 12.3 Å². The van der Waals surface area contributed by atoms with E-state index < -0.39 is 29.3 Å². The van der Waals surface area contributed by atoms with Crippen LogP contribution in [-0.4, -0.2) is 28.9 Å². The summed E-state index contributed by atoms with van der Waals surface area (Å²) in [5.74, 6) is -1.07. The second-order valence-electron chi connectivity index (χ2n) is 6.38. The van der Waals surface area contributed by atoms with Gasteiger partial charge in [-0.2, -0.15) is 0 Å². The lowest BCUT2D eigenvalue weighted by Gasteiger charge is -2.17. The van der Waals surface area contributed by atoms with Crippen molar-refractivity contribution in [3.8, 4) is 0 Å². The molecule has 0 radical (unpaired) electrons. The molecule has 6 heteroatoms. The van der Waals surface area contributed by atoms with Gasteiger partial charge in [-0.1, -0.05) is 54.6 Å². The molecule has 0 aromatic heterocycles. The van der Waals surface area contributed by atoms with Gasteiger partial charge in [-0.05, 0) is 35.4 Å². The van der Waals surface area contributed by atoms with Crippen LogP contribution in [0.5, 0.6) is 0 Å². The molecular weight excluding hydrogens is 374 g/mol. The first-order valence-electron chi connectivity index (χ1n) is 8.84. The molecular formula is C22H21NO4S. The van der Waals surface area contributed by atoms with Crippen LogP contribution < -0.4 is 5.32 Å². The van der Waals surface area contributed by atoms with E-state index in [9.17, 15) is 13.8 Å². The maximum Gasteiger partial charge on any atom is 0.339 e. The van der Waals surface area contributed by atoms with Gasteiger partial charge in [0.2, 0.25) is 0 Å². The van der Waals surface area contributed by atoms with E-state index in [0.717, 1.165) is 16.3 Å². The fourth-order valence-electron chi connectivity index (χ4n) is 3.08. The Morgan fingerprint density at radius 1 is 1.00 bits per heavy atom. The molecule has 0 bridgehead atoms. The SMILES string of the molecule is C[C@@H](NC(=O)COC(=O)c1ccccc1[S@](C)=O)c1cccc2ccccc12. The van der Waals surface area contributed by atoms with Crippen molar-refractivity contribution in [3.63, 3.8) is 0 Å². The molecule has 0 aliphatic rings. The highest BCUT2D eigenvalue weighted by Gasteiger charge is 2.17. The van der Waals surface area contributed by atoms with Gasteiger partial charge in [0.1, 0.15) is 0 Å². The lowest BCUT2D eigenvalue weighted by molar-refractivity contribution is -0.124. The highest BCUT2D eigenvalue weighted by atomic mass is 32.2. The summed E-state index contributed by atoms with van der Waals surface area (Å²) in [6, 6.07) is 20.1. The zero-order chi connectivity index (χ0) is 20.1. The summed E-state index contributed by atoms with van der Waals surface area (Å²) in [5.41, 5.74) is 1.20. The molecule has 0 unspecified atom stereocenters. The number of carbonyl (C=O) groups excluding carboxylic acids is 2. The molecule has 3 aromatic carbocycles. The molecule has 0 fully saturated rings. The molecule has 0 saturated heterocycles. The summed E-state index contributed by atoms with van der Waals surface area (Å²) in [5, 5.41) is 5.01. The number of benzene rings is 3. The van der Waals surface area contributed by atoms with E-state index in [2.05, 4.69) is 5.32 Å². The average molecular weight is 395 g/mol. The third-order valence-corrected chi connectivity index (χ3v) is 5.39. The van der Waals surface area contributed by atoms with Crippen LogP contribution in [-0.2, 0) is 20.3 Å². The van der Waals surface area contributed by atoms with Crippen LogP contribution in [0.15, 0.2) is 71.6 Å². The Kier molecular flexibility index (Phi) is 6.21. The minimum Gasteiger partial charge on any atom is -0.452 e. The van der Waals surface area contributed by atoms with Crippen molar-refractivity contribution in [2.75, 3.05) is 12.9 Å². The minimum absolute atomic E-state index is 0.207. The van der Waals surface area contributed by atoms with Gasteiger partial charge in [0.25, 0.3) is 5.91 Å². The average Bonchev–Trinajstić information content (AvgIpc) is 2.71. The molecule has 3 rings (SSSR count). The number of hydrogen-bond donors (Lipinski definition) is 1. The first kappa shape index (κ1) is 19.8. The summed E-state index contributed by atoms with van der Waals surface area (Å²) >= 11 is 0. The van der Waals surface area contributed by atoms with Crippen LogP contribution in [0.4, 0.5) is 0 Å². The molecule has 1 N–H and O–H groups in total. The number of amides is 1. The third-order valence-electron chi connectivity index (χ3n) is 4.42. The van der Waals surface area contributed by atoms with Crippen molar-refractivity contribution in [3.05, 3.63) is 77.9 Å². The van der Waals surface area contributed by atoms with Gasteiger partial charge in [-0.3, -0.25) is 9.00 Å². The van der Waals surface area contributed by atoms with Crippen molar-refractivity contribution in [1.82, 2.24) is 5.32 Å². The Morgan fingerprint density at radius 3 is 2.46 bits per heavy atom. The van der Waals surface area contributed by atoms with Crippen LogP contribution in [0.1, 0.15) is 28.9 Å². The second-order valence-corrected chi connectivity index (χ2v) is 7.73. The molecule has 1 amide bonds. The minimum atomic E-state index is -1.32. The van der Waals surface area contributed by atoms with E-state index in [1.807, 2.05) is 49.4 Å². The number of fused-ring (bicyclic) bond motifs is 1. The maximum absolute atomic E-state index is 12.3. The van der Waals surface area contributed by atoms with Gasteiger partial charge in [0.05, 0.1) is 27.3 Å². The lowest BCUT2D eigenvalue weighted by Crippen LogP contribution is -2.31. The Hall–Kier alpha value is -2.99. The van der Waals surface area contributed by atoms with Crippen molar-refractivity contribution in [2.45, 2.75) is 17.9 Å². The highest BCUT2D eigenvalue weighted by Crippen LogP contribution is 2.24. The molecule has 0 heterocycles. The van der Waals surface area contributed by atoms with Crippen LogP contribution in [0.3, 0.4) is 0 Å². The summed E-state index contributed by atoms with van der Waals surface area (Å²) in [6.07, 6.45) is 1.49. The Bertz CT molecular complexity index is 1040. The molecule has 144 valence electrons. The second kappa shape index (κ2) is 8.80. The van der Waals surface area contributed by atoms with Crippen LogP contribution in [0.2, 0.25) is 0 Å². The molecule has 0 aliphatic heterocycles. The normalized spacial score (nSPS) is 12.9. The molecule has 5 nitrogen and oxygen atoms in total. The van der Waals surface area contributed by atoms with Crippen molar-refractivity contribution in [1.29, 1.82) is 0 Å². The zero-order valence-corrected chi connectivity index (χ0v) is 16.5. The first-order chi connectivity index (χ1) is 13.5. The molecule has 2 atom stereocenters. The Morgan fingerprint density at radius 2 is 1.68 bits per heavy atom. The summed E-state index contributed by atoms with van der Waals surface area (Å²) in [7, 11) is -1.32. The fraction of sp³-hybridized carbons (Fsp3) is 0.182. The standard InChI is InChI=1S/C22H21NO4S/c1-15(17-12-7-9-16-8-3-4-10-18(16)17)23-21(24)14-27-22(25)19-11-5-6-13-20(19)28(2)26/h3-13,15H,14H2,1-2H3,(H,23,24)/t15-,28+/m1/s1. The Balaban J connectivity index is 1.64. The van der Waals surface area contributed by atoms with Crippen LogP contribution in [0.25, 0.3) is 10.8 Å². The maximum atomic E-state index is 12.3. The Labute approximate surface area is 166 Å². The van der Waals surface area contributed by atoms with Crippen molar-refractivity contribution < 1.29 is 18.5 Å². The number of nitrogens with one attached hydrogen (secondary N) is 1. The summed E-state index contributed by atoms with van der Waals surface area (Å²) in [4.78, 5) is 24.9. The quantitative estimate of drug-likeness (QED) is 0.647. The van der Waals surface area contributed by atoms with E-state index in [-0.39, 0.29) is 11.6 Å². The van der Waals surface area contributed by atoms with E-state index in [1.54, 1.807) is 18.2 Å². The topological polar surface area (TPSA) is 72.5 Å². The molecule has 0 spiro atoms. The molecule has 0 aliphatic carbocycles. The van der Waals surface area contributed by atoms with E-state index >= 15 is 0 Å². The predicted octanol–water partition coefficient (Wildman–Crippen LogP) is 3.61. The lowest BCUT2D eigenvalue weighted by atomic mass is 10.00. The number of rotatable bonds is 6. The smallest absolute Gasteiger partial charge is 0.339 e. The summed E-state index contributed by atoms with van der Waals surface area (Å²) < 4.78 is 16.9. The number of ether oxygens (including phenoxy) is 1. The van der Waals surface area contributed by atoms with E-state index in [0.29, 0.717) is 4.90 Å². The molecule has 3 aromatic rings. The van der Waals surface area contributed by atoms with Gasteiger partial charge in [0.15, 0.2) is 6.61 Å². The van der Waals surface area contributed by atoms with Crippen LogP contribution >= 0.6 is 0 Å². The predicted molar refractivity (Wildman–Crippen MR) is 110 cm³/mol. The third kappa shape index (κ3) is 4.46. The van der Waals surface area contributed by atoms with Gasteiger partial charge < -0.3 is 10.1 Å². The zero-order valence-electron chi connectivity index (χ0n) is 15.7. The van der Waals surface area contributed by atoms with Gasteiger partial charge in [-0.25, -0.2) is 4.79 Å². The first-order valence-corrected chi connectivity index (χ1v) is 10.4.